The van der Waals surface area contributed by atoms with Gasteiger partial charge in [0.1, 0.15) is 5.69 Å². The first-order valence-corrected chi connectivity index (χ1v) is 7.94. The highest BCUT2D eigenvalue weighted by Crippen LogP contribution is 2.52. The van der Waals surface area contributed by atoms with Crippen LogP contribution >= 0.6 is 0 Å². The Bertz CT molecular complexity index is 519. The maximum Gasteiger partial charge on any atom is 0.273 e. The minimum Gasteiger partial charge on any atom is -0.376 e. The summed E-state index contributed by atoms with van der Waals surface area (Å²) < 4.78 is 5.87. The van der Waals surface area contributed by atoms with E-state index in [9.17, 15) is 4.79 Å². The van der Waals surface area contributed by atoms with Crippen molar-refractivity contribution >= 4 is 5.91 Å². The number of aromatic nitrogens is 1. The van der Waals surface area contributed by atoms with Gasteiger partial charge in [-0.25, -0.2) is 0 Å². The van der Waals surface area contributed by atoms with E-state index in [1.165, 1.54) is 0 Å². The molecule has 4 unspecified atom stereocenters. The van der Waals surface area contributed by atoms with Gasteiger partial charge in [-0.1, -0.05) is 13.0 Å². The van der Waals surface area contributed by atoms with Gasteiger partial charge in [-0.2, -0.15) is 0 Å². The van der Waals surface area contributed by atoms with Crippen LogP contribution in [-0.4, -0.2) is 40.1 Å². The number of hydrogen-bond donors (Lipinski definition) is 0. The van der Waals surface area contributed by atoms with E-state index in [0.717, 1.165) is 19.3 Å². The summed E-state index contributed by atoms with van der Waals surface area (Å²) >= 11 is 0. The summed E-state index contributed by atoms with van der Waals surface area (Å²) in [7, 11) is 0. The van der Waals surface area contributed by atoms with Crippen LogP contribution in [-0.2, 0) is 4.74 Å². The maximum absolute atomic E-state index is 12.9. The highest BCUT2D eigenvalue weighted by atomic mass is 16.5. The van der Waals surface area contributed by atoms with Gasteiger partial charge in [-0.05, 0) is 51.2 Å². The predicted octanol–water partition coefficient (Wildman–Crippen LogP) is 2.89. The first-order valence-electron chi connectivity index (χ1n) is 7.94. The standard InChI is InChI=1S/C17H24N2O2/c1-4-21-13(3)17-10-12(2)9-14(11-17)19(17)16(20)15-7-5-6-8-18-15/h5-8,12-14H,4,9-11H2,1-3H3. The van der Waals surface area contributed by atoms with Gasteiger partial charge >= 0.3 is 0 Å². The number of piperidine rings is 1. The quantitative estimate of drug-likeness (QED) is 0.855. The third-order valence-corrected chi connectivity index (χ3v) is 5.09. The molecule has 21 heavy (non-hydrogen) atoms. The van der Waals surface area contributed by atoms with Gasteiger partial charge in [-0.15, -0.1) is 0 Å². The lowest BCUT2D eigenvalue weighted by Gasteiger charge is -2.65. The van der Waals surface area contributed by atoms with Gasteiger partial charge in [0.25, 0.3) is 5.91 Å². The molecule has 4 nitrogen and oxygen atoms in total. The number of pyridine rings is 1. The summed E-state index contributed by atoms with van der Waals surface area (Å²) in [6.45, 7) is 7.09. The molecular formula is C17H24N2O2. The van der Waals surface area contributed by atoms with Crippen LogP contribution < -0.4 is 0 Å². The lowest BCUT2D eigenvalue weighted by atomic mass is 9.62. The molecule has 4 atom stereocenters. The number of carbonyl (C=O) groups is 1. The second kappa shape index (κ2) is 5.41. The minimum absolute atomic E-state index is 0.0605. The maximum atomic E-state index is 12.9. The van der Waals surface area contributed by atoms with Gasteiger partial charge in [0.2, 0.25) is 0 Å². The minimum atomic E-state index is -0.132. The topological polar surface area (TPSA) is 42.4 Å². The van der Waals surface area contributed by atoms with Gasteiger partial charge in [0, 0.05) is 18.8 Å². The Balaban J connectivity index is 1.88. The van der Waals surface area contributed by atoms with Crippen LogP contribution in [0, 0.1) is 5.92 Å². The van der Waals surface area contributed by atoms with Crippen molar-refractivity contribution in [1.29, 1.82) is 0 Å². The number of carbonyl (C=O) groups excluding carboxylic acids is 1. The van der Waals surface area contributed by atoms with E-state index in [2.05, 4.69) is 23.7 Å². The predicted molar refractivity (Wildman–Crippen MR) is 81.0 cm³/mol. The van der Waals surface area contributed by atoms with E-state index in [-0.39, 0.29) is 17.6 Å². The van der Waals surface area contributed by atoms with Crippen molar-refractivity contribution in [3.05, 3.63) is 30.1 Å². The monoisotopic (exact) mass is 288 g/mol. The largest absolute Gasteiger partial charge is 0.376 e. The molecule has 2 fully saturated rings. The zero-order valence-electron chi connectivity index (χ0n) is 13.1. The molecule has 2 heterocycles. The zero-order chi connectivity index (χ0) is 15.0. The molecule has 114 valence electrons. The van der Waals surface area contributed by atoms with Crippen molar-refractivity contribution in [3.63, 3.8) is 0 Å². The Morgan fingerprint density at radius 3 is 3.00 bits per heavy atom. The van der Waals surface area contributed by atoms with E-state index >= 15 is 0 Å². The molecule has 0 N–H and O–H groups in total. The van der Waals surface area contributed by atoms with Crippen LogP contribution in [0.4, 0.5) is 0 Å². The normalized spacial score (nSPS) is 32.4. The molecule has 0 spiro atoms. The lowest BCUT2D eigenvalue weighted by Crippen LogP contribution is -2.75. The van der Waals surface area contributed by atoms with E-state index in [4.69, 9.17) is 4.74 Å². The highest BCUT2D eigenvalue weighted by molar-refractivity contribution is 5.94. The average molecular weight is 288 g/mol. The Hall–Kier alpha value is -1.42. The summed E-state index contributed by atoms with van der Waals surface area (Å²) in [6.07, 6.45) is 4.96. The van der Waals surface area contributed by atoms with Crippen LogP contribution in [0.1, 0.15) is 50.5 Å². The zero-order valence-corrected chi connectivity index (χ0v) is 13.1. The number of fused-ring (bicyclic) bond motifs is 2. The van der Waals surface area contributed by atoms with Crippen LogP contribution in [0.2, 0.25) is 0 Å². The average Bonchev–Trinajstić information content (AvgIpc) is 2.47. The second-order valence-corrected chi connectivity index (χ2v) is 6.49. The van der Waals surface area contributed by atoms with Crippen LogP contribution in [0.15, 0.2) is 24.4 Å². The SMILES string of the molecule is CCOC(C)C12CC(C)CC(C1)N2C(=O)c1ccccn1. The fraction of sp³-hybridized carbons (Fsp3) is 0.647. The van der Waals surface area contributed by atoms with E-state index in [0.29, 0.717) is 24.3 Å². The molecule has 0 aromatic carbocycles. The highest BCUT2D eigenvalue weighted by Gasteiger charge is 2.61. The Kier molecular flexibility index (Phi) is 3.74. The summed E-state index contributed by atoms with van der Waals surface area (Å²) in [5.41, 5.74) is 0.414. The smallest absolute Gasteiger partial charge is 0.273 e. The molecule has 1 amide bonds. The third-order valence-electron chi connectivity index (χ3n) is 5.09. The van der Waals surface area contributed by atoms with Gasteiger partial charge in [0.15, 0.2) is 0 Å². The number of rotatable bonds is 4. The molecular weight excluding hydrogens is 264 g/mol. The van der Waals surface area contributed by atoms with Crippen molar-refractivity contribution in [3.8, 4) is 0 Å². The van der Waals surface area contributed by atoms with E-state index < -0.39 is 0 Å². The molecule has 1 aromatic heterocycles. The first kappa shape index (κ1) is 14.5. The van der Waals surface area contributed by atoms with Crippen molar-refractivity contribution < 1.29 is 9.53 Å². The molecule has 4 heteroatoms. The molecule has 1 aliphatic carbocycles. The van der Waals surface area contributed by atoms with Crippen LogP contribution in [0.3, 0.4) is 0 Å². The van der Waals surface area contributed by atoms with E-state index in [1.807, 2.05) is 19.1 Å². The van der Waals surface area contributed by atoms with Crippen LogP contribution in [0.25, 0.3) is 0 Å². The van der Waals surface area contributed by atoms with Crippen LogP contribution in [0.5, 0.6) is 0 Å². The van der Waals surface area contributed by atoms with Crippen molar-refractivity contribution in [1.82, 2.24) is 9.88 Å². The fourth-order valence-corrected chi connectivity index (χ4v) is 4.28. The molecule has 1 saturated carbocycles. The summed E-state index contributed by atoms with van der Waals surface area (Å²) in [6, 6.07) is 5.87. The lowest BCUT2D eigenvalue weighted by molar-refractivity contribution is -0.167. The Labute approximate surface area is 126 Å². The van der Waals surface area contributed by atoms with Crippen molar-refractivity contribution in [2.45, 2.75) is 57.7 Å². The molecule has 1 aliphatic heterocycles. The van der Waals surface area contributed by atoms with Crippen molar-refractivity contribution in [2.75, 3.05) is 6.61 Å². The summed E-state index contributed by atoms with van der Waals surface area (Å²) in [4.78, 5) is 19.2. The number of ether oxygens (including phenoxy) is 1. The Morgan fingerprint density at radius 2 is 2.33 bits per heavy atom. The number of hydrogen-bond acceptors (Lipinski definition) is 3. The van der Waals surface area contributed by atoms with Gasteiger partial charge < -0.3 is 9.64 Å². The van der Waals surface area contributed by atoms with Gasteiger partial charge in [0.05, 0.1) is 11.6 Å². The third kappa shape index (κ3) is 2.26. The number of amides is 1. The molecule has 2 bridgehead atoms. The molecule has 2 aliphatic rings. The Morgan fingerprint density at radius 1 is 1.52 bits per heavy atom. The number of likely N-dealkylation sites (tertiary alicyclic amines) is 1. The molecule has 1 saturated heterocycles. The van der Waals surface area contributed by atoms with Crippen molar-refractivity contribution in [2.24, 2.45) is 5.92 Å². The summed E-state index contributed by atoms with van der Waals surface area (Å²) in [5, 5.41) is 0. The summed E-state index contributed by atoms with van der Waals surface area (Å²) in [5.74, 6) is 0.713. The fourth-order valence-electron chi connectivity index (χ4n) is 4.28. The molecule has 3 rings (SSSR count). The van der Waals surface area contributed by atoms with Gasteiger partial charge in [-0.3, -0.25) is 9.78 Å². The first-order chi connectivity index (χ1) is 10.1. The number of nitrogens with zero attached hydrogens (tertiary/aromatic N) is 2. The second-order valence-electron chi connectivity index (χ2n) is 6.49. The van der Waals surface area contributed by atoms with E-state index in [1.54, 1.807) is 12.3 Å². The molecule has 0 radical (unpaired) electrons. The molecule has 1 aromatic rings.